The number of hydrogen-bond acceptors (Lipinski definition) is 2. The highest BCUT2D eigenvalue weighted by Gasteiger charge is 2.10. The Morgan fingerprint density at radius 2 is 1.94 bits per heavy atom. The molecular formula is C15H18O2. The lowest BCUT2D eigenvalue weighted by Gasteiger charge is -2.04. The van der Waals surface area contributed by atoms with Gasteiger partial charge in [0.15, 0.2) is 5.78 Å². The van der Waals surface area contributed by atoms with E-state index in [2.05, 4.69) is 12.1 Å². The number of carbonyl (C=O) groups excluding carboxylic acids is 1. The number of ketones is 1. The van der Waals surface area contributed by atoms with Crippen molar-refractivity contribution in [2.45, 2.75) is 32.3 Å². The minimum absolute atomic E-state index is 0.283. The van der Waals surface area contributed by atoms with Gasteiger partial charge in [0.2, 0.25) is 0 Å². The van der Waals surface area contributed by atoms with E-state index in [0.29, 0.717) is 13.0 Å². The summed E-state index contributed by atoms with van der Waals surface area (Å²) in [6, 6.07) is 10.2. The fourth-order valence-electron chi connectivity index (χ4n) is 2.02. The third-order valence-corrected chi connectivity index (χ3v) is 2.96. The summed E-state index contributed by atoms with van der Waals surface area (Å²) in [7, 11) is 0. The molecule has 2 nitrogen and oxygen atoms in total. The Balaban J connectivity index is 1.58. The lowest BCUT2D eigenvalue weighted by Crippen LogP contribution is -1.95. The third-order valence-electron chi connectivity index (χ3n) is 2.96. The maximum Gasteiger partial charge on any atom is 0.155 e. The van der Waals surface area contributed by atoms with Crippen molar-refractivity contribution in [1.29, 1.82) is 0 Å². The molecule has 1 aromatic carbocycles. The number of benzene rings is 1. The van der Waals surface area contributed by atoms with Crippen LogP contribution in [0.2, 0.25) is 0 Å². The van der Waals surface area contributed by atoms with Gasteiger partial charge in [0, 0.05) is 13.0 Å². The van der Waals surface area contributed by atoms with Gasteiger partial charge in [0.25, 0.3) is 0 Å². The van der Waals surface area contributed by atoms with E-state index in [1.165, 1.54) is 11.1 Å². The largest absolute Gasteiger partial charge is 0.377 e. The van der Waals surface area contributed by atoms with Crippen molar-refractivity contribution in [2.24, 2.45) is 0 Å². The highest BCUT2D eigenvalue weighted by atomic mass is 16.5. The summed E-state index contributed by atoms with van der Waals surface area (Å²) in [5, 5.41) is 0. The average molecular weight is 230 g/mol. The van der Waals surface area contributed by atoms with Crippen molar-refractivity contribution in [3.63, 3.8) is 0 Å². The predicted molar refractivity (Wildman–Crippen MR) is 67.7 cm³/mol. The van der Waals surface area contributed by atoms with Crippen molar-refractivity contribution < 1.29 is 9.53 Å². The molecule has 90 valence electrons. The second-order valence-electron chi connectivity index (χ2n) is 4.41. The van der Waals surface area contributed by atoms with Crippen molar-refractivity contribution in [3.05, 3.63) is 47.5 Å². The van der Waals surface area contributed by atoms with E-state index in [1.807, 2.05) is 18.2 Å². The number of allylic oxidation sites excluding steroid dienone is 2. The minimum Gasteiger partial charge on any atom is -0.377 e. The predicted octanol–water partition coefficient (Wildman–Crippen LogP) is 3.27. The van der Waals surface area contributed by atoms with Crippen LogP contribution in [0.4, 0.5) is 0 Å². The molecule has 0 saturated heterocycles. The highest BCUT2D eigenvalue weighted by Crippen LogP contribution is 2.19. The smallest absolute Gasteiger partial charge is 0.155 e. The standard InChI is InChI=1S/C15H18O2/c16-15-9-8-13(11-15)7-4-10-17-12-14-5-2-1-3-6-14/h1-3,5-6,11H,4,7-10,12H2. The normalized spacial score (nSPS) is 15.1. The van der Waals surface area contributed by atoms with Crippen LogP contribution in [0.15, 0.2) is 42.0 Å². The molecule has 1 aliphatic rings. The molecule has 0 heterocycles. The number of carbonyl (C=O) groups is 1. The lowest BCUT2D eigenvalue weighted by molar-refractivity contribution is -0.114. The van der Waals surface area contributed by atoms with Gasteiger partial charge in [-0.1, -0.05) is 35.9 Å². The Kier molecular flexibility index (Phi) is 4.51. The van der Waals surface area contributed by atoms with E-state index < -0.39 is 0 Å². The number of ether oxygens (including phenoxy) is 1. The molecule has 17 heavy (non-hydrogen) atoms. The molecule has 0 aliphatic heterocycles. The Morgan fingerprint density at radius 3 is 2.65 bits per heavy atom. The van der Waals surface area contributed by atoms with Crippen molar-refractivity contribution in [2.75, 3.05) is 6.61 Å². The van der Waals surface area contributed by atoms with Crippen LogP contribution in [0.5, 0.6) is 0 Å². The molecule has 0 fully saturated rings. The van der Waals surface area contributed by atoms with Gasteiger partial charge < -0.3 is 4.74 Å². The first-order valence-electron chi connectivity index (χ1n) is 6.18. The first-order valence-corrected chi connectivity index (χ1v) is 6.18. The zero-order valence-corrected chi connectivity index (χ0v) is 10.0. The van der Waals surface area contributed by atoms with Gasteiger partial charge in [-0.05, 0) is 30.9 Å². The summed E-state index contributed by atoms with van der Waals surface area (Å²) in [6.45, 7) is 1.44. The van der Waals surface area contributed by atoms with E-state index in [9.17, 15) is 4.79 Å². The number of rotatable bonds is 6. The molecule has 2 heteroatoms. The number of hydrogen-bond donors (Lipinski definition) is 0. The van der Waals surface area contributed by atoms with Gasteiger partial charge in [-0.15, -0.1) is 0 Å². The maximum atomic E-state index is 11.0. The van der Waals surface area contributed by atoms with Crippen molar-refractivity contribution in [1.82, 2.24) is 0 Å². The molecule has 0 N–H and O–H groups in total. The zero-order valence-electron chi connectivity index (χ0n) is 10.0. The van der Waals surface area contributed by atoms with Gasteiger partial charge in [-0.2, -0.15) is 0 Å². The second kappa shape index (κ2) is 6.36. The van der Waals surface area contributed by atoms with Crippen LogP contribution in [-0.4, -0.2) is 12.4 Å². The van der Waals surface area contributed by atoms with Crippen LogP contribution in [0.1, 0.15) is 31.2 Å². The fourth-order valence-corrected chi connectivity index (χ4v) is 2.02. The molecule has 0 saturated carbocycles. The van der Waals surface area contributed by atoms with Crippen molar-refractivity contribution >= 4 is 5.78 Å². The fraction of sp³-hybridized carbons (Fsp3) is 0.400. The summed E-state index contributed by atoms with van der Waals surface area (Å²) >= 11 is 0. The van der Waals surface area contributed by atoms with Crippen LogP contribution in [-0.2, 0) is 16.1 Å². The maximum absolute atomic E-state index is 11.0. The molecule has 0 spiro atoms. The summed E-state index contributed by atoms with van der Waals surface area (Å²) in [4.78, 5) is 11.0. The summed E-state index contributed by atoms with van der Waals surface area (Å²) in [6.07, 6.45) is 5.47. The van der Waals surface area contributed by atoms with E-state index in [1.54, 1.807) is 6.08 Å². The zero-order chi connectivity index (χ0) is 11.9. The Hall–Kier alpha value is -1.41. The molecule has 0 radical (unpaired) electrons. The Bertz CT molecular complexity index is 393. The molecule has 2 rings (SSSR count). The van der Waals surface area contributed by atoms with Crippen LogP contribution in [0.25, 0.3) is 0 Å². The van der Waals surface area contributed by atoms with Gasteiger partial charge >= 0.3 is 0 Å². The topological polar surface area (TPSA) is 26.3 Å². The minimum atomic E-state index is 0.283. The molecule has 0 atom stereocenters. The molecule has 0 amide bonds. The first kappa shape index (κ1) is 12.1. The van der Waals surface area contributed by atoms with Crippen LogP contribution < -0.4 is 0 Å². The highest BCUT2D eigenvalue weighted by molar-refractivity contribution is 5.92. The quantitative estimate of drug-likeness (QED) is 0.701. The second-order valence-corrected chi connectivity index (χ2v) is 4.41. The monoisotopic (exact) mass is 230 g/mol. The van der Waals surface area contributed by atoms with E-state index in [0.717, 1.165) is 25.9 Å². The molecule has 1 aliphatic carbocycles. The Labute approximate surface area is 102 Å². The molecule has 1 aromatic rings. The molecule has 0 unspecified atom stereocenters. The molecular weight excluding hydrogens is 212 g/mol. The lowest BCUT2D eigenvalue weighted by atomic mass is 10.1. The SMILES string of the molecule is O=C1C=C(CCCOCc2ccccc2)CC1. The molecule has 0 bridgehead atoms. The van der Waals surface area contributed by atoms with Gasteiger partial charge in [0.05, 0.1) is 6.61 Å². The first-order chi connectivity index (χ1) is 8.34. The molecule has 0 aromatic heterocycles. The van der Waals surface area contributed by atoms with Crippen LogP contribution >= 0.6 is 0 Å². The van der Waals surface area contributed by atoms with Crippen LogP contribution in [0.3, 0.4) is 0 Å². The Morgan fingerprint density at radius 1 is 1.12 bits per heavy atom. The van der Waals surface area contributed by atoms with Crippen molar-refractivity contribution in [3.8, 4) is 0 Å². The van der Waals surface area contributed by atoms with Gasteiger partial charge in [-0.3, -0.25) is 4.79 Å². The van der Waals surface area contributed by atoms with Gasteiger partial charge in [0.1, 0.15) is 0 Å². The average Bonchev–Trinajstić information content (AvgIpc) is 2.76. The summed E-state index contributed by atoms with van der Waals surface area (Å²) < 4.78 is 5.59. The van der Waals surface area contributed by atoms with E-state index in [-0.39, 0.29) is 5.78 Å². The van der Waals surface area contributed by atoms with E-state index >= 15 is 0 Å². The summed E-state index contributed by atoms with van der Waals surface area (Å²) in [5.41, 5.74) is 2.50. The third kappa shape index (κ3) is 4.16. The summed E-state index contributed by atoms with van der Waals surface area (Å²) in [5.74, 6) is 0.283. The van der Waals surface area contributed by atoms with Gasteiger partial charge in [-0.25, -0.2) is 0 Å². The van der Waals surface area contributed by atoms with E-state index in [4.69, 9.17) is 4.74 Å². The van der Waals surface area contributed by atoms with Crippen LogP contribution in [0, 0.1) is 0 Å².